The van der Waals surface area contributed by atoms with Crippen LogP contribution in [-0.2, 0) is 4.79 Å². The number of amides is 1. The third kappa shape index (κ3) is 4.56. The number of aryl methyl sites for hydroxylation is 1. The number of carbonyl (C=O) groups excluding carboxylic acids is 1. The van der Waals surface area contributed by atoms with Gasteiger partial charge in [-0.05, 0) is 62.0 Å². The molecular weight excluding hydrogens is 365 g/mol. The second-order valence-electron chi connectivity index (χ2n) is 8.38. The summed E-state index contributed by atoms with van der Waals surface area (Å²) in [7, 11) is 0. The molecule has 0 bridgehead atoms. The highest BCUT2D eigenvalue weighted by atomic mass is 19.1. The lowest BCUT2D eigenvalue weighted by Gasteiger charge is -2.31. The van der Waals surface area contributed by atoms with Gasteiger partial charge in [-0.1, -0.05) is 48.9 Å². The van der Waals surface area contributed by atoms with Gasteiger partial charge in [0.15, 0.2) is 0 Å². The summed E-state index contributed by atoms with van der Waals surface area (Å²) in [6.07, 6.45) is 2.90. The Kier molecular flexibility index (Phi) is 5.76. The Labute approximate surface area is 172 Å². The lowest BCUT2D eigenvalue weighted by molar-refractivity contribution is -0.134. The van der Waals surface area contributed by atoms with Gasteiger partial charge >= 0.3 is 0 Å². The second kappa shape index (κ2) is 8.46. The number of hydrazone groups is 1. The fraction of sp³-hybridized carbons (Fsp3) is 0.417. The van der Waals surface area contributed by atoms with Crippen LogP contribution in [0, 0.1) is 18.7 Å². The van der Waals surface area contributed by atoms with E-state index in [0.717, 1.165) is 54.3 Å². The van der Waals surface area contributed by atoms with Crippen LogP contribution >= 0.6 is 0 Å². The average Bonchev–Trinajstić information content (AvgIpc) is 3.16. The van der Waals surface area contributed by atoms with Crippen LogP contribution in [-0.4, -0.2) is 41.2 Å². The molecule has 0 aliphatic carbocycles. The molecule has 2 aromatic carbocycles. The van der Waals surface area contributed by atoms with Crippen LogP contribution in [0.15, 0.2) is 53.6 Å². The Morgan fingerprint density at radius 2 is 1.86 bits per heavy atom. The van der Waals surface area contributed by atoms with Gasteiger partial charge in [-0.15, -0.1) is 0 Å². The molecule has 0 N–H and O–H groups in total. The topological polar surface area (TPSA) is 35.9 Å². The molecular formula is C24H28FN3O. The van der Waals surface area contributed by atoms with E-state index < -0.39 is 0 Å². The second-order valence-corrected chi connectivity index (χ2v) is 8.38. The number of piperidine rings is 1. The lowest BCUT2D eigenvalue weighted by atomic mass is 9.97. The molecule has 2 heterocycles. The maximum absolute atomic E-state index is 13.4. The van der Waals surface area contributed by atoms with Crippen LogP contribution in [0.1, 0.15) is 48.9 Å². The molecule has 4 rings (SSSR count). The van der Waals surface area contributed by atoms with Gasteiger partial charge in [0, 0.05) is 6.42 Å². The van der Waals surface area contributed by atoms with Gasteiger partial charge in [-0.2, -0.15) is 5.10 Å². The van der Waals surface area contributed by atoms with E-state index in [0.29, 0.717) is 13.0 Å². The van der Waals surface area contributed by atoms with E-state index in [1.54, 1.807) is 17.1 Å². The van der Waals surface area contributed by atoms with Crippen molar-refractivity contribution in [1.29, 1.82) is 0 Å². The molecule has 2 aromatic rings. The van der Waals surface area contributed by atoms with Crippen LogP contribution in [0.2, 0.25) is 0 Å². The summed E-state index contributed by atoms with van der Waals surface area (Å²) in [5.41, 5.74) is 4.03. The normalized spacial score (nSPS) is 20.7. The third-order valence-corrected chi connectivity index (χ3v) is 6.01. The minimum absolute atomic E-state index is 0.0107. The van der Waals surface area contributed by atoms with Gasteiger partial charge < -0.3 is 0 Å². The van der Waals surface area contributed by atoms with E-state index >= 15 is 0 Å². The molecule has 1 atom stereocenters. The number of likely N-dealkylation sites (tertiary alicyclic amines) is 1. The van der Waals surface area contributed by atoms with E-state index in [1.165, 1.54) is 12.1 Å². The minimum Gasteiger partial charge on any atom is -0.294 e. The first-order chi connectivity index (χ1) is 14.0. The van der Waals surface area contributed by atoms with Crippen LogP contribution in [0.3, 0.4) is 0 Å². The molecule has 0 radical (unpaired) electrons. The van der Waals surface area contributed by atoms with Crippen molar-refractivity contribution in [2.45, 2.75) is 39.2 Å². The van der Waals surface area contributed by atoms with Crippen molar-refractivity contribution < 1.29 is 9.18 Å². The van der Waals surface area contributed by atoms with E-state index in [9.17, 15) is 9.18 Å². The predicted octanol–water partition coefficient (Wildman–Crippen LogP) is 4.54. The van der Waals surface area contributed by atoms with Crippen molar-refractivity contribution >= 4 is 11.6 Å². The highest BCUT2D eigenvalue weighted by molar-refractivity contribution is 6.03. The number of hydrogen-bond donors (Lipinski definition) is 0. The van der Waals surface area contributed by atoms with Crippen LogP contribution in [0.25, 0.3) is 0 Å². The molecule has 2 aliphatic rings. The van der Waals surface area contributed by atoms with Gasteiger partial charge in [-0.3, -0.25) is 9.69 Å². The van der Waals surface area contributed by atoms with Crippen molar-refractivity contribution in [3.05, 3.63) is 71.0 Å². The van der Waals surface area contributed by atoms with Gasteiger partial charge in [0.05, 0.1) is 18.3 Å². The van der Waals surface area contributed by atoms with Crippen molar-refractivity contribution in [2.24, 2.45) is 11.0 Å². The van der Waals surface area contributed by atoms with Crippen molar-refractivity contribution in [1.82, 2.24) is 9.91 Å². The molecule has 0 spiro atoms. The molecule has 5 heteroatoms. The number of hydrogen-bond acceptors (Lipinski definition) is 3. The van der Waals surface area contributed by atoms with E-state index in [-0.39, 0.29) is 17.8 Å². The smallest absolute Gasteiger partial charge is 0.257 e. The lowest BCUT2D eigenvalue weighted by Crippen LogP contribution is -2.41. The fourth-order valence-electron chi connectivity index (χ4n) is 4.17. The molecule has 0 unspecified atom stereocenters. The van der Waals surface area contributed by atoms with Gasteiger partial charge in [0.25, 0.3) is 5.91 Å². The number of rotatable bonds is 4. The monoisotopic (exact) mass is 393 g/mol. The number of nitrogens with zero attached hydrogens (tertiary/aromatic N) is 3. The molecule has 1 fully saturated rings. The van der Waals surface area contributed by atoms with E-state index in [1.807, 2.05) is 12.1 Å². The van der Waals surface area contributed by atoms with E-state index in [2.05, 4.69) is 30.9 Å². The fourth-order valence-corrected chi connectivity index (χ4v) is 4.17. The van der Waals surface area contributed by atoms with Gasteiger partial charge in [0.2, 0.25) is 0 Å². The Morgan fingerprint density at radius 1 is 1.14 bits per heavy atom. The first-order valence-electron chi connectivity index (χ1n) is 10.4. The van der Waals surface area contributed by atoms with Crippen LogP contribution in [0.4, 0.5) is 4.39 Å². The summed E-state index contributed by atoms with van der Waals surface area (Å²) in [5, 5.41) is 6.37. The zero-order valence-corrected chi connectivity index (χ0v) is 17.1. The first kappa shape index (κ1) is 19.8. The Hall–Kier alpha value is -2.53. The highest BCUT2D eigenvalue weighted by Crippen LogP contribution is 2.33. The SMILES string of the molecule is Cc1cccc(C2=NN(C(=O)CN3CCC(C)CC3)[C@H](c3ccc(F)cc3)C2)c1. The molecule has 1 amide bonds. The number of halogens is 1. The predicted molar refractivity (Wildman–Crippen MR) is 113 cm³/mol. The number of benzene rings is 2. The summed E-state index contributed by atoms with van der Waals surface area (Å²) in [6.45, 7) is 6.61. The largest absolute Gasteiger partial charge is 0.294 e. The summed E-state index contributed by atoms with van der Waals surface area (Å²) in [4.78, 5) is 15.4. The zero-order chi connectivity index (χ0) is 20.4. The maximum atomic E-state index is 13.4. The summed E-state index contributed by atoms with van der Waals surface area (Å²) in [6, 6.07) is 14.4. The molecule has 1 saturated heterocycles. The average molecular weight is 394 g/mol. The summed E-state index contributed by atoms with van der Waals surface area (Å²) < 4.78 is 13.4. The molecule has 0 aromatic heterocycles. The Balaban J connectivity index is 1.58. The van der Waals surface area contributed by atoms with Crippen LogP contribution in [0.5, 0.6) is 0 Å². The Morgan fingerprint density at radius 3 is 2.55 bits per heavy atom. The quantitative estimate of drug-likeness (QED) is 0.764. The highest BCUT2D eigenvalue weighted by Gasteiger charge is 2.34. The van der Waals surface area contributed by atoms with Gasteiger partial charge in [0.1, 0.15) is 5.82 Å². The minimum atomic E-state index is -0.271. The van der Waals surface area contributed by atoms with E-state index in [4.69, 9.17) is 5.10 Å². The van der Waals surface area contributed by atoms with Crippen molar-refractivity contribution in [2.75, 3.05) is 19.6 Å². The maximum Gasteiger partial charge on any atom is 0.257 e. The Bertz CT molecular complexity index is 901. The van der Waals surface area contributed by atoms with Gasteiger partial charge in [-0.25, -0.2) is 9.40 Å². The van der Waals surface area contributed by atoms with Crippen molar-refractivity contribution in [3.63, 3.8) is 0 Å². The first-order valence-corrected chi connectivity index (χ1v) is 10.4. The molecule has 29 heavy (non-hydrogen) atoms. The molecule has 2 aliphatic heterocycles. The van der Waals surface area contributed by atoms with Crippen molar-refractivity contribution in [3.8, 4) is 0 Å². The third-order valence-electron chi connectivity index (χ3n) is 6.01. The summed E-state index contributed by atoms with van der Waals surface area (Å²) in [5.74, 6) is 0.467. The molecule has 152 valence electrons. The summed E-state index contributed by atoms with van der Waals surface area (Å²) >= 11 is 0. The van der Waals surface area contributed by atoms with Crippen LogP contribution < -0.4 is 0 Å². The molecule has 0 saturated carbocycles. The standard InChI is InChI=1S/C24H28FN3O/c1-17-10-12-27(13-11-17)16-24(29)28-23(19-6-8-21(25)9-7-19)15-22(26-28)20-5-3-4-18(2)14-20/h3-9,14,17,23H,10-13,15-16H2,1-2H3/t23-/m0/s1. The number of carbonyl (C=O) groups is 1. The zero-order valence-electron chi connectivity index (χ0n) is 17.1. The molecule has 4 nitrogen and oxygen atoms in total.